The Bertz CT molecular complexity index is 263. The fourth-order valence-electron chi connectivity index (χ4n) is 2.48. The number of rotatable bonds is 7. The first-order chi connectivity index (χ1) is 7.95. The van der Waals surface area contributed by atoms with Gasteiger partial charge < -0.3 is 9.88 Å². The number of nitrogens with zero attached hydrogens (tertiary/aromatic N) is 2. The molecule has 0 bridgehead atoms. The number of nitrogens with one attached hydrogen (secondary N) is 1. The van der Waals surface area contributed by atoms with E-state index in [2.05, 4.69) is 14.9 Å². The Balaban J connectivity index is 1.43. The molecule has 1 aromatic rings. The van der Waals surface area contributed by atoms with Crippen LogP contribution in [0.1, 0.15) is 38.5 Å². The average Bonchev–Trinajstić information content (AvgIpc) is 2.96. The molecule has 1 aromatic heterocycles. The van der Waals surface area contributed by atoms with Crippen LogP contribution in [0.4, 0.5) is 0 Å². The molecule has 1 aliphatic carbocycles. The highest BCUT2D eigenvalue weighted by atomic mass is 15.0. The van der Waals surface area contributed by atoms with Gasteiger partial charge in [-0.15, -0.1) is 0 Å². The molecule has 1 saturated carbocycles. The van der Waals surface area contributed by atoms with Gasteiger partial charge in [-0.25, -0.2) is 4.98 Å². The Labute approximate surface area is 98.3 Å². The predicted octanol–water partition coefficient (Wildman–Crippen LogP) is 2.44. The average molecular weight is 221 g/mol. The van der Waals surface area contributed by atoms with Gasteiger partial charge in [-0.05, 0) is 44.7 Å². The molecule has 0 aromatic carbocycles. The summed E-state index contributed by atoms with van der Waals surface area (Å²) in [6.07, 6.45) is 14.1. The van der Waals surface area contributed by atoms with Crippen molar-refractivity contribution in [1.82, 2.24) is 14.9 Å². The summed E-state index contributed by atoms with van der Waals surface area (Å²) >= 11 is 0. The van der Waals surface area contributed by atoms with Crippen LogP contribution in [0, 0.1) is 5.92 Å². The van der Waals surface area contributed by atoms with Gasteiger partial charge in [-0.1, -0.05) is 12.8 Å². The lowest BCUT2D eigenvalue weighted by Crippen LogP contribution is -2.22. The van der Waals surface area contributed by atoms with E-state index in [1.807, 2.05) is 18.7 Å². The minimum atomic E-state index is 0.966. The van der Waals surface area contributed by atoms with Gasteiger partial charge in [0.2, 0.25) is 0 Å². The maximum Gasteiger partial charge on any atom is 0.0945 e. The number of aromatic nitrogens is 2. The van der Waals surface area contributed by atoms with Gasteiger partial charge >= 0.3 is 0 Å². The highest BCUT2D eigenvalue weighted by Crippen LogP contribution is 2.23. The maximum atomic E-state index is 4.04. The minimum absolute atomic E-state index is 0.966. The van der Waals surface area contributed by atoms with E-state index in [0.717, 1.165) is 12.5 Å². The fourth-order valence-corrected chi connectivity index (χ4v) is 2.48. The lowest BCUT2D eigenvalue weighted by molar-refractivity contribution is 0.476. The van der Waals surface area contributed by atoms with Crippen molar-refractivity contribution >= 4 is 0 Å². The molecule has 1 heterocycles. The third-order valence-corrected chi connectivity index (χ3v) is 3.49. The predicted molar refractivity (Wildman–Crippen MR) is 66.3 cm³/mol. The Kier molecular flexibility index (Phi) is 4.87. The molecule has 0 amide bonds. The van der Waals surface area contributed by atoms with Crippen LogP contribution in [-0.2, 0) is 6.54 Å². The molecule has 0 saturated heterocycles. The molecular formula is C13H23N3. The number of hydrogen-bond acceptors (Lipinski definition) is 2. The van der Waals surface area contributed by atoms with Gasteiger partial charge in [0.1, 0.15) is 0 Å². The van der Waals surface area contributed by atoms with Crippen LogP contribution >= 0.6 is 0 Å². The van der Waals surface area contributed by atoms with Crippen molar-refractivity contribution in [3.8, 4) is 0 Å². The molecule has 16 heavy (non-hydrogen) atoms. The van der Waals surface area contributed by atoms with Crippen LogP contribution in [0.25, 0.3) is 0 Å². The van der Waals surface area contributed by atoms with E-state index in [-0.39, 0.29) is 0 Å². The van der Waals surface area contributed by atoms with Gasteiger partial charge in [-0.3, -0.25) is 0 Å². The van der Waals surface area contributed by atoms with Crippen LogP contribution in [0.2, 0.25) is 0 Å². The Morgan fingerprint density at radius 2 is 2.12 bits per heavy atom. The summed E-state index contributed by atoms with van der Waals surface area (Å²) in [5.74, 6) is 0.966. The van der Waals surface area contributed by atoms with Gasteiger partial charge in [0.05, 0.1) is 6.33 Å². The zero-order valence-electron chi connectivity index (χ0n) is 10.1. The molecule has 0 spiro atoms. The van der Waals surface area contributed by atoms with Gasteiger partial charge in [-0.2, -0.15) is 0 Å². The van der Waals surface area contributed by atoms with Crippen molar-refractivity contribution in [2.75, 3.05) is 13.1 Å². The lowest BCUT2D eigenvalue weighted by atomic mass is 10.1. The quantitative estimate of drug-likeness (QED) is 0.717. The van der Waals surface area contributed by atoms with Gasteiger partial charge in [0.15, 0.2) is 0 Å². The molecule has 1 fully saturated rings. The molecule has 3 nitrogen and oxygen atoms in total. The summed E-state index contributed by atoms with van der Waals surface area (Å²) in [5, 5.41) is 3.58. The Morgan fingerprint density at radius 3 is 2.88 bits per heavy atom. The fraction of sp³-hybridized carbons (Fsp3) is 0.769. The molecule has 1 aliphatic rings. The highest BCUT2D eigenvalue weighted by molar-refractivity contribution is 4.74. The first-order valence-corrected chi connectivity index (χ1v) is 6.61. The molecule has 0 unspecified atom stereocenters. The Hall–Kier alpha value is -0.830. The third-order valence-electron chi connectivity index (χ3n) is 3.49. The second-order valence-electron chi connectivity index (χ2n) is 4.86. The van der Waals surface area contributed by atoms with Crippen molar-refractivity contribution in [3.05, 3.63) is 18.7 Å². The number of aryl methyl sites for hydroxylation is 1. The summed E-state index contributed by atoms with van der Waals surface area (Å²) in [7, 11) is 0. The summed E-state index contributed by atoms with van der Waals surface area (Å²) in [5.41, 5.74) is 0. The first kappa shape index (κ1) is 11.6. The third kappa shape index (κ3) is 3.97. The van der Waals surface area contributed by atoms with Crippen molar-refractivity contribution in [2.45, 2.75) is 45.1 Å². The summed E-state index contributed by atoms with van der Waals surface area (Å²) in [6, 6.07) is 0. The highest BCUT2D eigenvalue weighted by Gasteiger charge is 2.13. The second kappa shape index (κ2) is 6.69. The molecule has 0 radical (unpaired) electrons. The van der Waals surface area contributed by atoms with Crippen LogP contribution in [-0.4, -0.2) is 22.6 Å². The summed E-state index contributed by atoms with van der Waals surface area (Å²) in [6.45, 7) is 3.52. The van der Waals surface area contributed by atoms with Crippen molar-refractivity contribution in [1.29, 1.82) is 0 Å². The molecule has 1 N–H and O–H groups in total. The monoisotopic (exact) mass is 221 g/mol. The van der Waals surface area contributed by atoms with Crippen LogP contribution in [0.3, 0.4) is 0 Å². The summed E-state index contributed by atoms with van der Waals surface area (Å²) < 4.78 is 2.15. The van der Waals surface area contributed by atoms with Crippen molar-refractivity contribution in [2.24, 2.45) is 5.92 Å². The van der Waals surface area contributed by atoms with E-state index < -0.39 is 0 Å². The number of unbranched alkanes of at least 4 members (excludes halogenated alkanes) is 1. The van der Waals surface area contributed by atoms with E-state index in [4.69, 9.17) is 0 Å². The van der Waals surface area contributed by atoms with Gasteiger partial charge in [0.25, 0.3) is 0 Å². The second-order valence-corrected chi connectivity index (χ2v) is 4.86. The standard InChI is InChI=1S/C13H23N3/c1-2-6-13(5-1)11-14-7-3-4-9-16-10-8-15-12-16/h8,10,12-14H,1-7,9,11H2. The van der Waals surface area contributed by atoms with Crippen LogP contribution in [0.5, 0.6) is 0 Å². The topological polar surface area (TPSA) is 29.9 Å². The molecule has 0 atom stereocenters. The van der Waals surface area contributed by atoms with E-state index in [1.165, 1.54) is 51.6 Å². The molecule has 90 valence electrons. The first-order valence-electron chi connectivity index (χ1n) is 6.61. The summed E-state index contributed by atoms with van der Waals surface area (Å²) in [4.78, 5) is 4.04. The van der Waals surface area contributed by atoms with Gasteiger partial charge in [0, 0.05) is 18.9 Å². The smallest absolute Gasteiger partial charge is 0.0945 e. The minimum Gasteiger partial charge on any atom is -0.337 e. The molecule has 0 aliphatic heterocycles. The van der Waals surface area contributed by atoms with E-state index in [9.17, 15) is 0 Å². The number of imidazole rings is 1. The normalized spacial score (nSPS) is 17.0. The zero-order valence-corrected chi connectivity index (χ0v) is 10.1. The SMILES string of the molecule is c1cn(CCCCNCC2CCCC2)cn1. The van der Waals surface area contributed by atoms with Crippen molar-refractivity contribution in [3.63, 3.8) is 0 Å². The van der Waals surface area contributed by atoms with Crippen LogP contribution < -0.4 is 5.32 Å². The van der Waals surface area contributed by atoms with E-state index in [0.29, 0.717) is 0 Å². The number of hydrogen-bond donors (Lipinski definition) is 1. The Morgan fingerprint density at radius 1 is 1.25 bits per heavy atom. The molecule has 3 heteroatoms. The van der Waals surface area contributed by atoms with Crippen molar-refractivity contribution < 1.29 is 0 Å². The molecule has 2 rings (SSSR count). The van der Waals surface area contributed by atoms with Crippen LogP contribution in [0.15, 0.2) is 18.7 Å². The zero-order chi connectivity index (χ0) is 11.1. The largest absolute Gasteiger partial charge is 0.337 e. The van der Waals surface area contributed by atoms with E-state index >= 15 is 0 Å². The van der Waals surface area contributed by atoms with E-state index in [1.54, 1.807) is 0 Å². The maximum absolute atomic E-state index is 4.04. The lowest BCUT2D eigenvalue weighted by Gasteiger charge is -2.10. The molecular weight excluding hydrogens is 198 g/mol.